The highest BCUT2D eigenvalue weighted by Gasteiger charge is 2.23. The summed E-state index contributed by atoms with van der Waals surface area (Å²) in [6.45, 7) is 7.45. The van der Waals surface area contributed by atoms with Crippen LogP contribution in [0.2, 0.25) is 0 Å². The van der Waals surface area contributed by atoms with Gasteiger partial charge >= 0.3 is 0 Å². The first kappa shape index (κ1) is 11.1. The number of hydrogen-bond donors (Lipinski definition) is 0. The fourth-order valence-corrected chi connectivity index (χ4v) is 2.28. The number of likely N-dealkylation sites (N-methyl/N-ethyl adjacent to an activating group) is 1. The van der Waals surface area contributed by atoms with E-state index >= 15 is 0 Å². The quantitative estimate of drug-likeness (QED) is 0.758. The second-order valence-electron chi connectivity index (χ2n) is 4.39. The molecule has 1 atom stereocenters. The summed E-state index contributed by atoms with van der Waals surface area (Å²) in [6, 6.07) is 4.21. The van der Waals surface area contributed by atoms with Crippen LogP contribution < -0.4 is 0 Å². The van der Waals surface area contributed by atoms with Crippen molar-refractivity contribution in [1.82, 2.24) is 9.88 Å². The third-order valence-corrected chi connectivity index (χ3v) is 3.42. The van der Waals surface area contributed by atoms with Gasteiger partial charge in [0.25, 0.3) is 0 Å². The number of nitriles is 1. The van der Waals surface area contributed by atoms with E-state index in [0.29, 0.717) is 11.5 Å². The summed E-state index contributed by atoms with van der Waals surface area (Å²) >= 11 is 0. The van der Waals surface area contributed by atoms with Crippen molar-refractivity contribution in [3.8, 4) is 6.07 Å². The first-order valence-corrected chi connectivity index (χ1v) is 5.83. The highest BCUT2D eigenvalue weighted by molar-refractivity contribution is 5.36. The van der Waals surface area contributed by atoms with Crippen LogP contribution in [0.4, 0.5) is 0 Å². The Morgan fingerprint density at radius 1 is 1.62 bits per heavy atom. The van der Waals surface area contributed by atoms with E-state index in [1.54, 1.807) is 0 Å². The van der Waals surface area contributed by atoms with Crippen molar-refractivity contribution in [3.05, 3.63) is 29.1 Å². The predicted molar refractivity (Wildman–Crippen MR) is 63.2 cm³/mol. The van der Waals surface area contributed by atoms with Crippen LogP contribution in [0, 0.1) is 18.3 Å². The van der Waals surface area contributed by atoms with Crippen molar-refractivity contribution in [1.29, 1.82) is 5.26 Å². The van der Waals surface area contributed by atoms with Crippen molar-refractivity contribution in [2.75, 3.05) is 19.6 Å². The van der Waals surface area contributed by atoms with Crippen molar-refractivity contribution in [2.45, 2.75) is 26.2 Å². The smallest absolute Gasteiger partial charge is 0.101 e. The maximum Gasteiger partial charge on any atom is 0.101 e. The molecule has 1 unspecified atom stereocenters. The highest BCUT2D eigenvalue weighted by Crippen LogP contribution is 2.27. The number of nitrogens with zero attached hydrogens (tertiary/aromatic N) is 3. The zero-order valence-electron chi connectivity index (χ0n) is 9.90. The van der Waals surface area contributed by atoms with Crippen LogP contribution in [0.15, 0.2) is 12.3 Å². The normalized spacial score (nSPS) is 20.9. The summed E-state index contributed by atoms with van der Waals surface area (Å²) in [5, 5.41) is 8.98. The first-order chi connectivity index (χ1) is 7.74. The minimum absolute atomic E-state index is 0.556. The zero-order chi connectivity index (χ0) is 11.5. The Kier molecular flexibility index (Phi) is 3.21. The summed E-state index contributed by atoms with van der Waals surface area (Å²) in [7, 11) is 0. The molecule has 0 saturated carbocycles. The molecule has 1 aromatic heterocycles. The molecule has 0 spiro atoms. The van der Waals surface area contributed by atoms with Crippen molar-refractivity contribution < 1.29 is 0 Å². The number of likely N-dealkylation sites (tertiary alicyclic amines) is 1. The second-order valence-corrected chi connectivity index (χ2v) is 4.39. The van der Waals surface area contributed by atoms with Gasteiger partial charge in [-0.3, -0.25) is 4.98 Å². The highest BCUT2D eigenvalue weighted by atomic mass is 15.1. The van der Waals surface area contributed by atoms with E-state index in [9.17, 15) is 0 Å². The summed E-state index contributed by atoms with van der Waals surface area (Å²) < 4.78 is 0. The average Bonchev–Trinajstić information content (AvgIpc) is 2.78. The van der Waals surface area contributed by atoms with E-state index < -0.39 is 0 Å². The molecule has 3 heteroatoms. The maximum absolute atomic E-state index is 8.98. The van der Waals surface area contributed by atoms with E-state index in [0.717, 1.165) is 25.3 Å². The minimum atomic E-state index is 0.556. The summed E-state index contributed by atoms with van der Waals surface area (Å²) in [4.78, 5) is 6.75. The van der Waals surface area contributed by atoms with Crippen LogP contribution in [0.5, 0.6) is 0 Å². The lowest BCUT2D eigenvalue weighted by atomic mass is 9.98. The molecule has 1 aliphatic heterocycles. The molecule has 1 aromatic rings. The summed E-state index contributed by atoms with van der Waals surface area (Å²) in [5.74, 6) is 0.556. The Bertz CT molecular complexity index is 420. The molecule has 2 rings (SSSR count). The molecule has 0 radical (unpaired) electrons. The number of pyridine rings is 1. The van der Waals surface area contributed by atoms with Gasteiger partial charge in [-0.25, -0.2) is 0 Å². The molecule has 0 amide bonds. The molecular weight excluding hydrogens is 198 g/mol. The third-order valence-electron chi connectivity index (χ3n) is 3.42. The van der Waals surface area contributed by atoms with Gasteiger partial charge in [-0.15, -0.1) is 0 Å². The lowest BCUT2D eigenvalue weighted by molar-refractivity contribution is 0.354. The van der Waals surface area contributed by atoms with Crippen molar-refractivity contribution in [3.63, 3.8) is 0 Å². The Morgan fingerprint density at radius 3 is 3.06 bits per heavy atom. The number of aryl methyl sites for hydroxylation is 1. The van der Waals surface area contributed by atoms with Crippen molar-refractivity contribution >= 4 is 0 Å². The Balaban J connectivity index is 2.19. The third kappa shape index (κ3) is 2.07. The fourth-order valence-electron chi connectivity index (χ4n) is 2.28. The molecule has 0 N–H and O–H groups in total. The fraction of sp³-hybridized carbons (Fsp3) is 0.538. The van der Waals surface area contributed by atoms with Crippen LogP contribution in [0.1, 0.15) is 36.1 Å². The molecule has 0 bridgehead atoms. The monoisotopic (exact) mass is 215 g/mol. The molecule has 2 heterocycles. The van der Waals surface area contributed by atoms with E-state index in [4.69, 9.17) is 5.26 Å². The molecule has 84 valence electrons. The average molecular weight is 215 g/mol. The molecule has 0 aromatic carbocycles. The molecular formula is C13H17N3. The van der Waals surface area contributed by atoms with Gasteiger partial charge in [0, 0.05) is 12.7 Å². The van der Waals surface area contributed by atoms with Crippen LogP contribution in [-0.4, -0.2) is 29.5 Å². The van der Waals surface area contributed by atoms with Crippen LogP contribution in [0.3, 0.4) is 0 Å². The topological polar surface area (TPSA) is 39.9 Å². The predicted octanol–water partition coefficient (Wildman–Crippen LogP) is 2.07. The molecule has 1 fully saturated rings. The molecule has 16 heavy (non-hydrogen) atoms. The van der Waals surface area contributed by atoms with Gasteiger partial charge in [0.15, 0.2) is 0 Å². The van der Waals surface area contributed by atoms with Gasteiger partial charge in [0.2, 0.25) is 0 Å². The van der Waals surface area contributed by atoms with E-state index in [-0.39, 0.29) is 0 Å². The van der Waals surface area contributed by atoms with Gasteiger partial charge in [-0.1, -0.05) is 6.92 Å². The number of rotatable bonds is 2. The molecule has 3 nitrogen and oxygen atoms in total. The summed E-state index contributed by atoms with van der Waals surface area (Å²) in [5.41, 5.74) is 2.77. The minimum Gasteiger partial charge on any atom is -0.303 e. The molecule has 1 saturated heterocycles. The van der Waals surface area contributed by atoms with Gasteiger partial charge < -0.3 is 4.90 Å². The maximum atomic E-state index is 8.98. The molecule has 1 aliphatic rings. The molecule has 0 aliphatic carbocycles. The first-order valence-electron chi connectivity index (χ1n) is 5.83. The van der Waals surface area contributed by atoms with Crippen molar-refractivity contribution in [2.24, 2.45) is 0 Å². The second kappa shape index (κ2) is 4.63. The van der Waals surface area contributed by atoms with E-state index in [1.165, 1.54) is 12.0 Å². The van der Waals surface area contributed by atoms with Gasteiger partial charge in [-0.2, -0.15) is 5.26 Å². The van der Waals surface area contributed by atoms with Gasteiger partial charge in [0.1, 0.15) is 6.07 Å². The van der Waals surface area contributed by atoms with Crippen LogP contribution in [-0.2, 0) is 0 Å². The number of aromatic nitrogens is 1. The Labute approximate surface area is 96.7 Å². The standard InChI is InChI=1S/C13H17N3/c1-3-16-5-4-11(9-16)13-6-12(7-14)10(2)15-8-13/h6,8,11H,3-5,9H2,1-2H3. The van der Waals surface area contributed by atoms with Crippen LogP contribution in [0.25, 0.3) is 0 Å². The van der Waals surface area contributed by atoms with Crippen LogP contribution >= 0.6 is 0 Å². The number of hydrogen-bond acceptors (Lipinski definition) is 3. The Hall–Kier alpha value is -1.40. The SMILES string of the molecule is CCN1CCC(c2cnc(C)c(C#N)c2)C1. The summed E-state index contributed by atoms with van der Waals surface area (Å²) in [6.07, 6.45) is 3.11. The zero-order valence-corrected chi connectivity index (χ0v) is 9.90. The van der Waals surface area contributed by atoms with E-state index in [2.05, 4.69) is 22.9 Å². The van der Waals surface area contributed by atoms with Gasteiger partial charge in [0.05, 0.1) is 11.3 Å². The van der Waals surface area contributed by atoms with Gasteiger partial charge in [-0.05, 0) is 44.0 Å². The largest absolute Gasteiger partial charge is 0.303 e. The Morgan fingerprint density at radius 2 is 2.44 bits per heavy atom. The lowest BCUT2D eigenvalue weighted by Crippen LogP contribution is -2.19. The lowest BCUT2D eigenvalue weighted by Gasteiger charge is -2.13. The van der Waals surface area contributed by atoms with E-state index in [1.807, 2.05) is 19.2 Å².